The van der Waals surface area contributed by atoms with E-state index in [1.54, 1.807) is 62.4 Å². The van der Waals surface area contributed by atoms with Crippen molar-refractivity contribution < 1.29 is 33.8 Å². The van der Waals surface area contributed by atoms with Crippen LogP contribution in [0.5, 0.6) is 0 Å². The molecule has 0 heterocycles. The first-order valence-electron chi connectivity index (χ1n) is 10.5. The van der Waals surface area contributed by atoms with Crippen LogP contribution in [0.25, 0.3) is 0 Å². The molecule has 0 aliphatic rings. The summed E-state index contributed by atoms with van der Waals surface area (Å²) in [5, 5.41) is 12.3. The van der Waals surface area contributed by atoms with Gasteiger partial charge in [0.2, 0.25) is 12.2 Å². The van der Waals surface area contributed by atoms with Crippen molar-refractivity contribution in [1.82, 2.24) is 0 Å². The first-order chi connectivity index (χ1) is 16.6. The van der Waals surface area contributed by atoms with E-state index in [9.17, 15) is 24.3 Å². The van der Waals surface area contributed by atoms with E-state index in [4.69, 9.17) is 9.47 Å². The first-order valence-corrected chi connectivity index (χ1v) is 11.3. The molecule has 35 heavy (non-hydrogen) atoms. The van der Waals surface area contributed by atoms with E-state index in [1.165, 1.54) is 24.3 Å². The molecule has 2 N–H and O–H groups in total. The summed E-state index contributed by atoms with van der Waals surface area (Å²) in [6, 6.07) is 19.2. The van der Waals surface area contributed by atoms with Crippen LogP contribution < -0.4 is 5.32 Å². The number of carboxylic acid groups (broad SMARTS) is 1. The van der Waals surface area contributed by atoms with Crippen LogP contribution in [0.15, 0.2) is 77.3 Å². The van der Waals surface area contributed by atoms with Crippen LogP contribution in [-0.4, -0.2) is 41.1 Å². The van der Waals surface area contributed by atoms with E-state index >= 15 is 0 Å². The summed E-state index contributed by atoms with van der Waals surface area (Å²) in [6.45, 7) is 3.52. The molecule has 3 aromatic rings. The molecule has 3 aromatic carbocycles. The van der Waals surface area contributed by atoms with Crippen molar-refractivity contribution in [2.24, 2.45) is 0 Å². The Morgan fingerprint density at radius 1 is 0.771 bits per heavy atom. The Morgan fingerprint density at radius 2 is 1.26 bits per heavy atom. The number of halogens is 1. The van der Waals surface area contributed by atoms with Crippen LogP contribution in [0.3, 0.4) is 0 Å². The number of aliphatic carboxylic acids is 1. The van der Waals surface area contributed by atoms with Crippen molar-refractivity contribution in [2.45, 2.75) is 26.1 Å². The summed E-state index contributed by atoms with van der Waals surface area (Å²) in [4.78, 5) is 50.7. The van der Waals surface area contributed by atoms with Crippen molar-refractivity contribution in [3.05, 3.63) is 99.5 Å². The van der Waals surface area contributed by atoms with E-state index in [-0.39, 0.29) is 11.1 Å². The first kappa shape index (κ1) is 25.6. The highest BCUT2D eigenvalue weighted by molar-refractivity contribution is 9.10. The number of carboxylic acids is 1. The second-order valence-electron chi connectivity index (χ2n) is 7.73. The third-order valence-electron chi connectivity index (χ3n) is 4.86. The van der Waals surface area contributed by atoms with Gasteiger partial charge < -0.3 is 19.9 Å². The molecule has 0 bridgehead atoms. The summed E-state index contributed by atoms with van der Waals surface area (Å²) in [5.41, 5.74) is 2.04. The summed E-state index contributed by atoms with van der Waals surface area (Å²) >= 11 is 3.28. The van der Waals surface area contributed by atoms with Crippen LogP contribution in [-0.2, 0) is 19.1 Å². The molecule has 9 heteroatoms. The highest BCUT2D eigenvalue weighted by Crippen LogP contribution is 2.18. The number of carbonyl (C=O) groups is 4. The Bertz CT molecular complexity index is 1260. The normalized spacial score (nSPS) is 12.2. The number of nitrogens with one attached hydrogen (secondary N) is 1. The minimum absolute atomic E-state index is 0.0910. The second kappa shape index (κ2) is 11.4. The van der Waals surface area contributed by atoms with Crippen molar-refractivity contribution >= 4 is 45.4 Å². The standard InChI is InChI=1S/C26H22BrNO7/c1-15-5-3-7-17(13-15)25(32)34-21(23(29)28-20-11-9-19(27)10-12-20)22(24(30)31)35-26(33)18-8-4-6-16(2)14-18/h3-14,21-22H,1-2H3,(H,28,29)(H,30,31)/t21-,22+/m1/s1. The largest absolute Gasteiger partial charge is 0.478 e. The molecule has 180 valence electrons. The number of rotatable bonds is 8. The second-order valence-corrected chi connectivity index (χ2v) is 8.64. The maximum absolute atomic E-state index is 13.1. The minimum atomic E-state index is -2.10. The predicted molar refractivity (Wildman–Crippen MR) is 131 cm³/mol. The molecule has 3 rings (SSSR count). The predicted octanol–water partition coefficient (Wildman–Crippen LogP) is 4.54. The number of hydrogen-bond acceptors (Lipinski definition) is 6. The lowest BCUT2D eigenvalue weighted by atomic mass is 10.1. The number of anilines is 1. The van der Waals surface area contributed by atoms with Gasteiger partial charge in [0.1, 0.15) is 0 Å². The van der Waals surface area contributed by atoms with Crippen LogP contribution in [0.4, 0.5) is 5.69 Å². The zero-order valence-electron chi connectivity index (χ0n) is 18.9. The van der Waals surface area contributed by atoms with Crippen molar-refractivity contribution in [2.75, 3.05) is 5.32 Å². The van der Waals surface area contributed by atoms with Gasteiger partial charge in [-0.1, -0.05) is 51.3 Å². The van der Waals surface area contributed by atoms with Crippen LogP contribution in [0.1, 0.15) is 31.8 Å². The number of aryl methyl sites for hydroxylation is 2. The van der Waals surface area contributed by atoms with E-state index in [2.05, 4.69) is 21.2 Å². The molecule has 0 aromatic heterocycles. The number of esters is 2. The van der Waals surface area contributed by atoms with E-state index in [0.29, 0.717) is 5.69 Å². The maximum atomic E-state index is 13.1. The van der Waals surface area contributed by atoms with Crippen molar-refractivity contribution in [3.63, 3.8) is 0 Å². The highest BCUT2D eigenvalue weighted by atomic mass is 79.9. The smallest absolute Gasteiger partial charge is 0.349 e. The average molecular weight is 540 g/mol. The summed E-state index contributed by atoms with van der Waals surface area (Å²) < 4.78 is 11.2. The molecule has 0 saturated carbocycles. The Kier molecular flexibility index (Phi) is 8.38. The van der Waals surface area contributed by atoms with Crippen LogP contribution in [0.2, 0.25) is 0 Å². The lowest BCUT2D eigenvalue weighted by Gasteiger charge is -2.23. The SMILES string of the molecule is Cc1cccc(C(=O)O[C@H](C(=O)O)[C@@H](OC(=O)c2cccc(C)c2)C(=O)Nc2ccc(Br)cc2)c1. The molecular formula is C26H22BrNO7. The minimum Gasteiger partial charge on any atom is -0.478 e. The molecule has 0 saturated heterocycles. The van der Waals surface area contributed by atoms with E-state index in [1.807, 2.05) is 0 Å². The van der Waals surface area contributed by atoms with Gasteiger partial charge in [0.05, 0.1) is 11.1 Å². The number of amides is 1. The van der Waals surface area contributed by atoms with Crippen molar-refractivity contribution in [3.8, 4) is 0 Å². The van der Waals surface area contributed by atoms with Gasteiger partial charge in [0.15, 0.2) is 0 Å². The zero-order valence-corrected chi connectivity index (χ0v) is 20.4. The number of carbonyl (C=O) groups excluding carboxylic acids is 3. The fraction of sp³-hybridized carbons (Fsp3) is 0.154. The monoisotopic (exact) mass is 539 g/mol. The van der Waals surface area contributed by atoms with Gasteiger partial charge in [0, 0.05) is 10.2 Å². The van der Waals surface area contributed by atoms with Gasteiger partial charge in [-0.15, -0.1) is 0 Å². The zero-order chi connectivity index (χ0) is 25.5. The Labute approximate surface area is 210 Å². The molecule has 0 fully saturated rings. The highest BCUT2D eigenvalue weighted by Gasteiger charge is 2.41. The summed E-state index contributed by atoms with van der Waals surface area (Å²) in [5.74, 6) is -4.55. The summed E-state index contributed by atoms with van der Waals surface area (Å²) in [6.07, 6.45) is -4.08. The third kappa shape index (κ3) is 7.00. The lowest BCUT2D eigenvalue weighted by Crippen LogP contribution is -2.48. The number of benzene rings is 3. The fourth-order valence-electron chi connectivity index (χ4n) is 3.15. The van der Waals surface area contributed by atoms with Gasteiger partial charge in [0.25, 0.3) is 5.91 Å². The molecule has 1 amide bonds. The van der Waals surface area contributed by atoms with E-state index < -0.39 is 36.0 Å². The maximum Gasteiger partial charge on any atom is 0.349 e. The van der Waals surface area contributed by atoms with Gasteiger partial charge in [-0.2, -0.15) is 0 Å². The molecule has 0 aliphatic heterocycles. The van der Waals surface area contributed by atoms with Gasteiger partial charge >= 0.3 is 17.9 Å². The van der Waals surface area contributed by atoms with Gasteiger partial charge in [-0.25, -0.2) is 14.4 Å². The molecule has 0 radical (unpaired) electrons. The van der Waals surface area contributed by atoms with Crippen LogP contribution in [0, 0.1) is 13.8 Å². The molecule has 8 nitrogen and oxygen atoms in total. The molecule has 0 aliphatic carbocycles. The Hall–Kier alpha value is -3.98. The Morgan fingerprint density at radius 3 is 1.71 bits per heavy atom. The number of hydrogen-bond donors (Lipinski definition) is 2. The molecular weight excluding hydrogens is 518 g/mol. The van der Waals surface area contributed by atoms with Gasteiger partial charge in [-0.05, 0) is 62.4 Å². The Balaban J connectivity index is 1.91. The average Bonchev–Trinajstić information content (AvgIpc) is 2.82. The molecule has 0 unspecified atom stereocenters. The topological polar surface area (TPSA) is 119 Å². The molecule has 2 atom stereocenters. The summed E-state index contributed by atoms with van der Waals surface area (Å²) in [7, 11) is 0. The fourth-order valence-corrected chi connectivity index (χ4v) is 3.42. The third-order valence-corrected chi connectivity index (χ3v) is 5.39. The van der Waals surface area contributed by atoms with E-state index in [0.717, 1.165) is 15.6 Å². The van der Waals surface area contributed by atoms with Gasteiger partial charge in [-0.3, -0.25) is 4.79 Å². The molecule has 0 spiro atoms. The van der Waals surface area contributed by atoms with Crippen molar-refractivity contribution in [1.29, 1.82) is 0 Å². The van der Waals surface area contributed by atoms with Crippen LogP contribution >= 0.6 is 15.9 Å². The lowest BCUT2D eigenvalue weighted by molar-refractivity contribution is -0.157. The number of ether oxygens (including phenoxy) is 2. The quantitative estimate of drug-likeness (QED) is 0.403.